The second kappa shape index (κ2) is 9.58. The molecule has 8 nitrogen and oxygen atoms in total. The van der Waals surface area contributed by atoms with Crippen molar-refractivity contribution in [1.82, 2.24) is 24.6 Å². The number of nitrogens with zero attached hydrogens (tertiary/aromatic N) is 4. The molecule has 0 bridgehead atoms. The number of aryl methyl sites for hydroxylation is 3. The van der Waals surface area contributed by atoms with Crippen molar-refractivity contribution >= 4 is 17.5 Å². The lowest BCUT2D eigenvalue weighted by atomic mass is 9.78. The van der Waals surface area contributed by atoms with Crippen LogP contribution in [0.5, 0.6) is 0 Å². The average Bonchev–Trinajstić information content (AvgIpc) is 3.50. The van der Waals surface area contributed by atoms with Gasteiger partial charge < -0.3 is 15.2 Å². The smallest absolute Gasteiger partial charge is 0.270 e. The van der Waals surface area contributed by atoms with Crippen LogP contribution in [0.2, 0.25) is 0 Å². The molecule has 0 unspecified atom stereocenters. The Morgan fingerprint density at radius 3 is 2.57 bits per heavy atom. The molecule has 0 fully saturated rings. The van der Waals surface area contributed by atoms with Gasteiger partial charge in [-0.1, -0.05) is 24.3 Å². The summed E-state index contributed by atoms with van der Waals surface area (Å²) in [5, 5.41) is 10.1. The molecule has 2 aromatic heterocycles. The SMILES string of the molecule is Cc1nccn1-c1ccc(NC(=O)[C@@H](NC(=O)c2ccnn2C)[C@@H]2CCCc3ccccc32)cc1. The number of anilines is 1. The summed E-state index contributed by atoms with van der Waals surface area (Å²) in [5.41, 5.74) is 4.39. The summed E-state index contributed by atoms with van der Waals surface area (Å²) in [6, 6.07) is 16.7. The predicted octanol–water partition coefficient (Wildman–Crippen LogP) is 3.77. The number of nitrogens with one attached hydrogen (secondary N) is 2. The van der Waals surface area contributed by atoms with Crippen LogP contribution < -0.4 is 10.6 Å². The summed E-state index contributed by atoms with van der Waals surface area (Å²) in [6.45, 7) is 1.94. The van der Waals surface area contributed by atoms with Gasteiger partial charge in [0.15, 0.2) is 0 Å². The van der Waals surface area contributed by atoms with E-state index in [1.165, 1.54) is 10.2 Å². The molecule has 2 heterocycles. The lowest BCUT2D eigenvalue weighted by Crippen LogP contribution is -2.48. The second-order valence-corrected chi connectivity index (χ2v) is 8.87. The van der Waals surface area contributed by atoms with Crippen LogP contribution in [0.1, 0.15) is 46.2 Å². The van der Waals surface area contributed by atoms with Crippen LogP contribution in [0.15, 0.2) is 73.2 Å². The van der Waals surface area contributed by atoms with Gasteiger partial charge in [0.25, 0.3) is 5.91 Å². The number of imidazole rings is 1. The van der Waals surface area contributed by atoms with Gasteiger partial charge in [0.05, 0.1) is 0 Å². The molecule has 2 amide bonds. The van der Waals surface area contributed by atoms with Crippen molar-refractivity contribution in [3.63, 3.8) is 0 Å². The lowest BCUT2D eigenvalue weighted by molar-refractivity contribution is -0.118. The van der Waals surface area contributed by atoms with E-state index in [1.807, 2.05) is 54.1 Å². The Kier molecular flexibility index (Phi) is 6.18. The topological polar surface area (TPSA) is 93.8 Å². The van der Waals surface area contributed by atoms with Crippen molar-refractivity contribution < 1.29 is 9.59 Å². The summed E-state index contributed by atoms with van der Waals surface area (Å²) in [5.74, 6) is 0.202. The highest BCUT2D eigenvalue weighted by Gasteiger charge is 2.34. The average molecular weight is 469 g/mol. The highest BCUT2D eigenvalue weighted by atomic mass is 16.2. The number of hydrogen-bond acceptors (Lipinski definition) is 4. The first kappa shape index (κ1) is 22.6. The van der Waals surface area contributed by atoms with Gasteiger partial charge in [-0.15, -0.1) is 0 Å². The van der Waals surface area contributed by atoms with Crippen molar-refractivity contribution in [2.45, 2.75) is 38.1 Å². The third-order valence-corrected chi connectivity index (χ3v) is 6.68. The van der Waals surface area contributed by atoms with Gasteiger partial charge in [-0.05, 0) is 67.6 Å². The van der Waals surface area contributed by atoms with Crippen LogP contribution in [0.4, 0.5) is 5.69 Å². The minimum absolute atomic E-state index is 0.120. The van der Waals surface area contributed by atoms with E-state index in [0.717, 1.165) is 36.3 Å². The zero-order chi connectivity index (χ0) is 24.4. The van der Waals surface area contributed by atoms with E-state index in [2.05, 4.69) is 32.8 Å². The fourth-order valence-electron chi connectivity index (χ4n) is 4.87. The monoisotopic (exact) mass is 468 g/mol. The van der Waals surface area contributed by atoms with Gasteiger partial charge in [0.1, 0.15) is 17.6 Å². The van der Waals surface area contributed by atoms with Crippen molar-refractivity contribution in [2.24, 2.45) is 7.05 Å². The molecule has 0 aliphatic heterocycles. The van der Waals surface area contributed by atoms with Crippen LogP contribution in [0, 0.1) is 6.92 Å². The van der Waals surface area contributed by atoms with E-state index in [1.54, 1.807) is 25.5 Å². The molecule has 0 saturated heterocycles. The molecule has 2 atom stereocenters. The largest absolute Gasteiger partial charge is 0.338 e. The fourth-order valence-corrected chi connectivity index (χ4v) is 4.87. The Bertz CT molecular complexity index is 1350. The highest BCUT2D eigenvalue weighted by molar-refractivity contribution is 6.01. The molecular weight excluding hydrogens is 440 g/mol. The third-order valence-electron chi connectivity index (χ3n) is 6.68. The van der Waals surface area contributed by atoms with E-state index in [0.29, 0.717) is 11.4 Å². The van der Waals surface area contributed by atoms with Crippen LogP contribution in [-0.2, 0) is 18.3 Å². The molecule has 5 rings (SSSR count). The predicted molar refractivity (Wildman–Crippen MR) is 134 cm³/mol. The fraction of sp³-hybridized carbons (Fsp3) is 0.259. The zero-order valence-electron chi connectivity index (χ0n) is 19.8. The molecule has 8 heteroatoms. The van der Waals surface area contributed by atoms with Crippen molar-refractivity contribution in [1.29, 1.82) is 0 Å². The van der Waals surface area contributed by atoms with E-state index >= 15 is 0 Å². The summed E-state index contributed by atoms with van der Waals surface area (Å²) in [4.78, 5) is 31.0. The summed E-state index contributed by atoms with van der Waals surface area (Å²) in [6.07, 6.45) is 7.98. The molecule has 2 aromatic carbocycles. The second-order valence-electron chi connectivity index (χ2n) is 8.87. The minimum Gasteiger partial charge on any atom is -0.338 e. The van der Waals surface area contributed by atoms with Crippen LogP contribution in [0.3, 0.4) is 0 Å². The van der Waals surface area contributed by atoms with Gasteiger partial charge >= 0.3 is 0 Å². The van der Waals surface area contributed by atoms with Gasteiger partial charge in [-0.25, -0.2) is 4.98 Å². The Hall–Kier alpha value is -4.20. The van der Waals surface area contributed by atoms with E-state index in [4.69, 9.17) is 0 Å². The maximum absolute atomic E-state index is 13.6. The molecule has 0 radical (unpaired) electrons. The number of aromatic nitrogens is 4. The van der Waals surface area contributed by atoms with E-state index < -0.39 is 6.04 Å². The Labute approximate surface area is 204 Å². The first-order valence-electron chi connectivity index (χ1n) is 11.8. The maximum atomic E-state index is 13.6. The highest BCUT2D eigenvalue weighted by Crippen LogP contribution is 2.34. The van der Waals surface area contributed by atoms with Gasteiger partial charge in [-0.2, -0.15) is 5.10 Å². The summed E-state index contributed by atoms with van der Waals surface area (Å²) < 4.78 is 3.48. The van der Waals surface area contributed by atoms with Crippen molar-refractivity contribution in [3.8, 4) is 5.69 Å². The Balaban J connectivity index is 1.41. The van der Waals surface area contributed by atoms with Crippen LogP contribution in [-0.4, -0.2) is 37.2 Å². The lowest BCUT2D eigenvalue weighted by Gasteiger charge is -2.32. The molecule has 35 heavy (non-hydrogen) atoms. The molecule has 1 aliphatic rings. The van der Waals surface area contributed by atoms with Gasteiger partial charge in [-0.3, -0.25) is 14.3 Å². The van der Waals surface area contributed by atoms with Gasteiger partial charge in [0.2, 0.25) is 5.91 Å². The summed E-state index contributed by atoms with van der Waals surface area (Å²) >= 11 is 0. The standard InChI is InChI=1S/C27H28N6O2/c1-18-28-16-17-33(18)21-12-10-20(11-13-21)30-27(35)25(31-26(34)24-14-15-29-32(24)2)23-9-5-7-19-6-3-4-8-22(19)23/h3-4,6,8,10-17,23,25H,5,7,9H2,1-2H3,(H,30,35)(H,31,34)/t23-,25+/m1/s1. The molecule has 4 aromatic rings. The number of rotatable bonds is 6. The molecule has 178 valence electrons. The first-order chi connectivity index (χ1) is 17.0. The number of fused-ring (bicyclic) bond motifs is 1. The maximum Gasteiger partial charge on any atom is 0.270 e. The molecular formula is C27H28N6O2. The number of carbonyl (C=O) groups excluding carboxylic acids is 2. The number of hydrogen-bond donors (Lipinski definition) is 2. The molecule has 2 N–H and O–H groups in total. The molecule has 0 saturated carbocycles. The van der Waals surface area contributed by atoms with Crippen LogP contribution in [0.25, 0.3) is 5.69 Å². The molecule has 1 aliphatic carbocycles. The Morgan fingerprint density at radius 2 is 1.86 bits per heavy atom. The third kappa shape index (κ3) is 4.59. The Morgan fingerprint density at radius 1 is 1.06 bits per heavy atom. The zero-order valence-corrected chi connectivity index (χ0v) is 19.8. The number of amides is 2. The van der Waals surface area contributed by atoms with Gasteiger partial charge in [0, 0.05) is 42.9 Å². The van der Waals surface area contributed by atoms with E-state index in [9.17, 15) is 9.59 Å². The van der Waals surface area contributed by atoms with Crippen molar-refractivity contribution in [2.75, 3.05) is 5.32 Å². The van der Waals surface area contributed by atoms with Crippen molar-refractivity contribution in [3.05, 3.63) is 95.8 Å². The van der Waals surface area contributed by atoms with Crippen LogP contribution >= 0.6 is 0 Å². The summed E-state index contributed by atoms with van der Waals surface area (Å²) in [7, 11) is 1.71. The first-order valence-corrected chi connectivity index (χ1v) is 11.8. The van der Waals surface area contributed by atoms with E-state index in [-0.39, 0.29) is 17.7 Å². The molecule has 0 spiro atoms. The normalized spacial score (nSPS) is 15.8. The number of benzene rings is 2. The number of carbonyl (C=O) groups is 2. The quantitative estimate of drug-likeness (QED) is 0.450. The minimum atomic E-state index is -0.727.